The van der Waals surface area contributed by atoms with Gasteiger partial charge in [0.25, 0.3) is 0 Å². The lowest BCUT2D eigenvalue weighted by Gasteiger charge is -2.36. The number of hydrogen-bond acceptors (Lipinski definition) is 6. The molecule has 1 aliphatic heterocycles. The average molecular weight is 505 g/mol. The molecule has 198 valence electrons. The number of nitrogens with one attached hydrogen (secondary N) is 1. The number of allylic oxidation sites excluding steroid dienone is 1. The lowest BCUT2D eigenvalue weighted by atomic mass is 9.80. The molecule has 1 saturated carbocycles. The Morgan fingerprint density at radius 1 is 1.24 bits per heavy atom. The predicted molar refractivity (Wildman–Crippen MR) is 150 cm³/mol. The Labute approximate surface area is 220 Å². The van der Waals surface area contributed by atoms with Gasteiger partial charge in [0.15, 0.2) is 5.82 Å². The molecule has 2 fully saturated rings. The van der Waals surface area contributed by atoms with Crippen LogP contribution in [0.1, 0.15) is 82.9 Å². The van der Waals surface area contributed by atoms with E-state index in [1.165, 1.54) is 0 Å². The molecule has 1 N–H and O–H groups in total. The Morgan fingerprint density at radius 2 is 1.97 bits per heavy atom. The molecule has 1 aliphatic carbocycles. The van der Waals surface area contributed by atoms with Gasteiger partial charge in [-0.15, -0.1) is 0 Å². The largest absolute Gasteiger partial charge is 0.375 e. The van der Waals surface area contributed by atoms with Crippen molar-refractivity contribution in [1.29, 1.82) is 0 Å². The molecule has 8 heteroatoms. The monoisotopic (exact) mass is 504 g/mol. The number of amides is 1. The summed E-state index contributed by atoms with van der Waals surface area (Å²) >= 11 is 0. The van der Waals surface area contributed by atoms with Crippen LogP contribution in [-0.4, -0.2) is 51.9 Å². The van der Waals surface area contributed by atoms with E-state index in [2.05, 4.69) is 23.6 Å². The van der Waals surface area contributed by atoms with Crippen molar-refractivity contribution in [2.24, 2.45) is 9.98 Å². The first kappa shape index (κ1) is 26.8. The number of carbonyl (C=O) groups excluding carboxylic acids is 1. The number of anilines is 1. The van der Waals surface area contributed by atoms with Crippen molar-refractivity contribution in [1.82, 2.24) is 14.7 Å². The Balaban J connectivity index is 1.62. The minimum atomic E-state index is 0.0167. The summed E-state index contributed by atoms with van der Waals surface area (Å²) in [5.74, 6) is 1.29. The summed E-state index contributed by atoms with van der Waals surface area (Å²) in [6.45, 7) is 15.3. The number of carbonyl (C=O) groups is 1. The second-order valence-electron chi connectivity index (χ2n) is 10.1. The molecule has 8 nitrogen and oxygen atoms in total. The van der Waals surface area contributed by atoms with Gasteiger partial charge in [-0.1, -0.05) is 25.6 Å². The van der Waals surface area contributed by atoms with Gasteiger partial charge in [0.05, 0.1) is 29.9 Å². The third kappa shape index (κ3) is 6.01. The maximum Gasteiger partial charge on any atom is 0.227 e. The number of rotatable bonds is 9. The third-order valence-corrected chi connectivity index (χ3v) is 7.46. The van der Waals surface area contributed by atoms with Crippen LogP contribution in [0.3, 0.4) is 0 Å². The zero-order valence-electron chi connectivity index (χ0n) is 22.5. The number of amidine groups is 1. The van der Waals surface area contributed by atoms with Crippen LogP contribution in [0.25, 0.3) is 0 Å². The molecular weight excluding hydrogens is 464 g/mol. The van der Waals surface area contributed by atoms with Gasteiger partial charge in [-0.25, -0.2) is 9.67 Å². The number of aliphatic imine (C=N–C) groups is 2. The lowest BCUT2D eigenvalue weighted by molar-refractivity contribution is -0.126. The highest BCUT2D eigenvalue weighted by Crippen LogP contribution is 2.44. The molecule has 0 bridgehead atoms. The van der Waals surface area contributed by atoms with Crippen molar-refractivity contribution in [3.8, 4) is 0 Å². The zero-order chi connectivity index (χ0) is 26.4. The van der Waals surface area contributed by atoms with Crippen molar-refractivity contribution >= 4 is 30.0 Å². The number of aromatic nitrogens is 2. The molecule has 1 amide bonds. The quantitative estimate of drug-likeness (QED) is 0.334. The van der Waals surface area contributed by atoms with Crippen LogP contribution in [0.2, 0.25) is 0 Å². The van der Waals surface area contributed by atoms with Gasteiger partial charge in [-0.05, 0) is 76.8 Å². The summed E-state index contributed by atoms with van der Waals surface area (Å²) in [4.78, 5) is 24.0. The molecule has 2 heterocycles. The van der Waals surface area contributed by atoms with E-state index in [4.69, 9.17) is 14.8 Å². The number of ether oxygens (including phenoxy) is 1. The fraction of sp³-hybridized carbons (Fsp3) is 0.517. The van der Waals surface area contributed by atoms with E-state index >= 15 is 0 Å². The standard InChI is InChI=1S/C29H40N6O2/c1-6-26(36)34(7-2)28(31-19-22-9-11-23(12-10-22)33-21(3)4)25-20-32-35(27(25)30-5)24-13-16-29(17-14-24)15-8-18-37-29/h9-12,20,24,33H,3,5-8,13-19H2,1-2,4H3/b31-28+. The van der Waals surface area contributed by atoms with Crippen molar-refractivity contribution < 1.29 is 9.53 Å². The highest BCUT2D eigenvalue weighted by atomic mass is 16.5. The number of nitrogens with zero attached hydrogens (tertiary/aromatic N) is 5. The average Bonchev–Trinajstić information content (AvgIpc) is 3.54. The minimum Gasteiger partial charge on any atom is -0.375 e. The van der Waals surface area contributed by atoms with E-state index < -0.39 is 0 Å². The zero-order valence-corrected chi connectivity index (χ0v) is 22.5. The van der Waals surface area contributed by atoms with Crippen LogP contribution in [0, 0.1) is 0 Å². The van der Waals surface area contributed by atoms with Crippen molar-refractivity contribution in [2.45, 2.75) is 83.9 Å². The first-order chi connectivity index (χ1) is 17.9. The highest BCUT2D eigenvalue weighted by Gasteiger charge is 2.40. The second-order valence-corrected chi connectivity index (χ2v) is 10.1. The summed E-state index contributed by atoms with van der Waals surface area (Å²) in [6, 6.07) is 8.31. The van der Waals surface area contributed by atoms with Gasteiger partial charge in [-0.3, -0.25) is 14.7 Å². The van der Waals surface area contributed by atoms with E-state index in [0.29, 0.717) is 31.2 Å². The van der Waals surface area contributed by atoms with Crippen LogP contribution in [-0.2, 0) is 16.1 Å². The molecule has 0 atom stereocenters. The topological polar surface area (TPSA) is 84.1 Å². The first-order valence-electron chi connectivity index (χ1n) is 13.4. The molecule has 1 saturated heterocycles. The SMILES string of the molecule is C=Nc1c(/C(=N\Cc2ccc(NC(=C)C)cc2)N(CC)C(=O)CC)cnn1C1CCC2(CCCO2)CC1. The van der Waals surface area contributed by atoms with Gasteiger partial charge >= 0.3 is 0 Å². The summed E-state index contributed by atoms with van der Waals surface area (Å²) < 4.78 is 8.10. The number of hydrogen-bond donors (Lipinski definition) is 1. The van der Waals surface area contributed by atoms with Crippen LogP contribution < -0.4 is 5.32 Å². The van der Waals surface area contributed by atoms with Crippen LogP contribution in [0.4, 0.5) is 11.5 Å². The van der Waals surface area contributed by atoms with Crippen LogP contribution in [0.5, 0.6) is 0 Å². The fourth-order valence-electron chi connectivity index (χ4n) is 5.52. The van der Waals surface area contributed by atoms with Gasteiger partial charge < -0.3 is 10.1 Å². The van der Waals surface area contributed by atoms with E-state index in [1.54, 1.807) is 11.1 Å². The maximum atomic E-state index is 12.9. The van der Waals surface area contributed by atoms with Crippen LogP contribution >= 0.6 is 0 Å². The summed E-state index contributed by atoms with van der Waals surface area (Å²) in [7, 11) is 0. The van der Waals surface area contributed by atoms with Crippen molar-refractivity contribution in [3.05, 3.63) is 53.9 Å². The normalized spacial score (nSPS) is 21.7. The Bertz CT molecular complexity index is 1130. The molecule has 0 unspecified atom stereocenters. The van der Waals surface area contributed by atoms with E-state index in [0.717, 1.165) is 67.6 Å². The van der Waals surface area contributed by atoms with Crippen LogP contribution in [0.15, 0.2) is 52.7 Å². The van der Waals surface area contributed by atoms with Gasteiger partial charge in [-0.2, -0.15) is 5.10 Å². The van der Waals surface area contributed by atoms with Gasteiger partial charge in [0.1, 0.15) is 5.84 Å². The fourth-order valence-corrected chi connectivity index (χ4v) is 5.52. The van der Waals surface area contributed by atoms with Crippen molar-refractivity contribution in [2.75, 3.05) is 18.5 Å². The molecule has 37 heavy (non-hydrogen) atoms. The Hall–Kier alpha value is -3.26. The molecule has 1 spiro atoms. The molecule has 1 aromatic carbocycles. The van der Waals surface area contributed by atoms with E-state index in [1.807, 2.05) is 49.7 Å². The minimum absolute atomic E-state index is 0.0167. The van der Waals surface area contributed by atoms with Gasteiger partial charge in [0.2, 0.25) is 5.91 Å². The second kappa shape index (κ2) is 11.9. The molecule has 4 rings (SSSR count). The third-order valence-electron chi connectivity index (χ3n) is 7.46. The first-order valence-corrected chi connectivity index (χ1v) is 13.4. The van der Waals surface area contributed by atoms with E-state index in [9.17, 15) is 4.79 Å². The highest BCUT2D eigenvalue weighted by molar-refractivity contribution is 6.10. The van der Waals surface area contributed by atoms with Gasteiger partial charge in [0, 0.05) is 31.0 Å². The Morgan fingerprint density at radius 3 is 2.54 bits per heavy atom. The Kier molecular flexibility index (Phi) is 8.59. The van der Waals surface area contributed by atoms with Crippen molar-refractivity contribution in [3.63, 3.8) is 0 Å². The predicted octanol–water partition coefficient (Wildman–Crippen LogP) is 6.03. The maximum absolute atomic E-state index is 12.9. The summed E-state index contributed by atoms with van der Waals surface area (Å²) in [5.41, 5.74) is 3.71. The molecule has 2 aliphatic rings. The summed E-state index contributed by atoms with van der Waals surface area (Å²) in [6.07, 6.45) is 8.56. The number of benzene rings is 1. The smallest absolute Gasteiger partial charge is 0.227 e. The molecule has 0 radical (unpaired) electrons. The molecular formula is C29H40N6O2. The lowest BCUT2D eigenvalue weighted by Crippen LogP contribution is -2.37. The molecule has 2 aromatic rings. The molecule has 1 aromatic heterocycles. The summed E-state index contributed by atoms with van der Waals surface area (Å²) in [5, 5.41) is 7.97. The van der Waals surface area contributed by atoms with E-state index in [-0.39, 0.29) is 17.6 Å².